The summed E-state index contributed by atoms with van der Waals surface area (Å²) in [6, 6.07) is 10.3. The van der Waals surface area contributed by atoms with Gasteiger partial charge in [-0.2, -0.15) is 5.10 Å². The van der Waals surface area contributed by atoms with E-state index in [4.69, 9.17) is 0 Å². The number of carbonyl (C=O) groups excluding carboxylic acids is 1. The number of likely N-dealkylation sites (tertiary alicyclic amines) is 1. The van der Waals surface area contributed by atoms with Gasteiger partial charge in [-0.05, 0) is 42.9 Å². The van der Waals surface area contributed by atoms with E-state index in [9.17, 15) is 9.90 Å². The van der Waals surface area contributed by atoms with Gasteiger partial charge >= 0.3 is 0 Å². The zero-order valence-corrected chi connectivity index (χ0v) is 16.5. The Morgan fingerprint density at radius 2 is 2.07 bits per heavy atom. The highest BCUT2D eigenvalue weighted by Gasteiger charge is 2.41. The van der Waals surface area contributed by atoms with E-state index in [0.29, 0.717) is 32.0 Å². The molecule has 3 N–H and O–H groups in total. The number of piperidine rings is 1. The topological polar surface area (TPSA) is 81.2 Å². The molecule has 1 aliphatic heterocycles. The molecular formula is C21H30N4O2. The first-order valence-corrected chi connectivity index (χ1v) is 9.69. The summed E-state index contributed by atoms with van der Waals surface area (Å²) in [4.78, 5) is 14.7. The SMILES string of the molecule is Cc1cc(CNC[C@@]2(O)CCCN(Cc3ccc(C(C)C)cc3)C2=O)n[nH]1. The molecule has 1 aliphatic rings. The zero-order valence-electron chi connectivity index (χ0n) is 16.5. The number of nitrogens with zero attached hydrogens (tertiary/aromatic N) is 2. The Morgan fingerprint density at radius 1 is 1.33 bits per heavy atom. The van der Waals surface area contributed by atoms with E-state index in [0.717, 1.165) is 23.4 Å². The molecular weight excluding hydrogens is 340 g/mol. The van der Waals surface area contributed by atoms with Crippen molar-refractivity contribution in [3.05, 3.63) is 52.8 Å². The number of aromatic nitrogens is 2. The number of carbonyl (C=O) groups is 1. The minimum atomic E-state index is -1.35. The van der Waals surface area contributed by atoms with Crippen molar-refractivity contribution in [1.29, 1.82) is 0 Å². The van der Waals surface area contributed by atoms with Crippen LogP contribution in [0.3, 0.4) is 0 Å². The molecule has 146 valence electrons. The van der Waals surface area contributed by atoms with Gasteiger partial charge in [0.15, 0.2) is 5.60 Å². The summed E-state index contributed by atoms with van der Waals surface area (Å²) in [5.74, 6) is 0.303. The van der Waals surface area contributed by atoms with Crippen LogP contribution in [0, 0.1) is 6.92 Å². The van der Waals surface area contributed by atoms with Crippen molar-refractivity contribution >= 4 is 5.91 Å². The molecule has 0 aliphatic carbocycles. The maximum Gasteiger partial charge on any atom is 0.256 e. The molecule has 0 unspecified atom stereocenters. The number of amides is 1. The Labute approximate surface area is 161 Å². The third kappa shape index (κ3) is 4.76. The van der Waals surface area contributed by atoms with Crippen molar-refractivity contribution in [3.63, 3.8) is 0 Å². The van der Waals surface area contributed by atoms with Gasteiger partial charge in [-0.1, -0.05) is 38.1 Å². The van der Waals surface area contributed by atoms with Crippen molar-refractivity contribution < 1.29 is 9.90 Å². The predicted octanol–water partition coefficient (Wildman–Crippen LogP) is 2.48. The molecule has 1 saturated heterocycles. The second-order valence-corrected chi connectivity index (χ2v) is 7.90. The Bertz CT molecular complexity index is 769. The number of aliphatic hydroxyl groups is 1. The molecule has 3 rings (SSSR count). The minimum Gasteiger partial charge on any atom is -0.379 e. The fourth-order valence-corrected chi connectivity index (χ4v) is 3.57. The fraction of sp³-hybridized carbons (Fsp3) is 0.524. The normalized spacial score (nSPS) is 20.5. The highest BCUT2D eigenvalue weighted by Crippen LogP contribution is 2.24. The molecule has 6 nitrogen and oxygen atoms in total. The van der Waals surface area contributed by atoms with Gasteiger partial charge in [0.05, 0.1) is 5.69 Å². The minimum absolute atomic E-state index is 0.188. The largest absolute Gasteiger partial charge is 0.379 e. The molecule has 1 aromatic heterocycles. The number of benzene rings is 1. The van der Waals surface area contributed by atoms with E-state index < -0.39 is 5.60 Å². The average Bonchev–Trinajstić information content (AvgIpc) is 3.05. The van der Waals surface area contributed by atoms with Gasteiger partial charge in [0.2, 0.25) is 0 Å². The van der Waals surface area contributed by atoms with E-state index in [-0.39, 0.29) is 12.5 Å². The van der Waals surface area contributed by atoms with Crippen LogP contribution in [0.1, 0.15) is 55.1 Å². The summed E-state index contributed by atoms with van der Waals surface area (Å²) in [6.45, 7) is 8.27. The van der Waals surface area contributed by atoms with Gasteiger partial charge < -0.3 is 15.3 Å². The lowest BCUT2D eigenvalue weighted by Gasteiger charge is -2.38. The van der Waals surface area contributed by atoms with Crippen LogP contribution in [0.4, 0.5) is 0 Å². The van der Waals surface area contributed by atoms with Crippen molar-refractivity contribution in [3.8, 4) is 0 Å². The standard InChI is InChI=1S/C21H30N4O2/c1-15(2)18-7-5-17(6-8-18)13-25-10-4-9-21(27,20(25)26)14-22-12-19-11-16(3)23-24-19/h5-8,11,15,22,27H,4,9-10,12-14H2,1-3H3,(H,23,24)/t21-/m0/s1. The van der Waals surface area contributed by atoms with Crippen LogP contribution < -0.4 is 5.32 Å². The van der Waals surface area contributed by atoms with E-state index in [1.54, 1.807) is 4.90 Å². The van der Waals surface area contributed by atoms with E-state index in [1.165, 1.54) is 5.56 Å². The van der Waals surface area contributed by atoms with Crippen LogP contribution in [-0.2, 0) is 17.9 Å². The number of aromatic amines is 1. The molecule has 6 heteroatoms. The second-order valence-electron chi connectivity index (χ2n) is 7.90. The molecule has 1 amide bonds. The lowest BCUT2D eigenvalue weighted by atomic mass is 9.91. The van der Waals surface area contributed by atoms with Crippen LogP contribution >= 0.6 is 0 Å². The lowest BCUT2D eigenvalue weighted by molar-refractivity contribution is -0.157. The molecule has 2 aromatic rings. The highest BCUT2D eigenvalue weighted by atomic mass is 16.3. The number of hydrogen-bond donors (Lipinski definition) is 3. The molecule has 27 heavy (non-hydrogen) atoms. The predicted molar refractivity (Wildman–Crippen MR) is 105 cm³/mol. The zero-order chi connectivity index (χ0) is 19.4. The smallest absolute Gasteiger partial charge is 0.256 e. The number of nitrogens with one attached hydrogen (secondary N) is 2. The van der Waals surface area contributed by atoms with Crippen LogP contribution in [-0.4, -0.2) is 44.8 Å². The third-order valence-electron chi connectivity index (χ3n) is 5.21. The van der Waals surface area contributed by atoms with Gasteiger partial charge in [0.25, 0.3) is 5.91 Å². The van der Waals surface area contributed by atoms with E-state index >= 15 is 0 Å². The quantitative estimate of drug-likeness (QED) is 0.699. The molecule has 0 saturated carbocycles. The van der Waals surface area contributed by atoms with Gasteiger partial charge in [0, 0.05) is 31.9 Å². The molecule has 0 bridgehead atoms. The number of hydrogen-bond acceptors (Lipinski definition) is 4. The summed E-state index contributed by atoms with van der Waals surface area (Å²) < 4.78 is 0. The molecule has 1 fully saturated rings. The van der Waals surface area contributed by atoms with Gasteiger partial charge in [0.1, 0.15) is 0 Å². The van der Waals surface area contributed by atoms with Crippen molar-refractivity contribution in [2.24, 2.45) is 0 Å². The summed E-state index contributed by atoms with van der Waals surface area (Å²) in [5, 5.41) is 21.1. The summed E-state index contributed by atoms with van der Waals surface area (Å²) in [5.41, 5.74) is 2.91. The maximum atomic E-state index is 12.9. The van der Waals surface area contributed by atoms with Crippen LogP contribution in [0.25, 0.3) is 0 Å². The first-order valence-electron chi connectivity index (χ1n) is 9.69. The summed E-state index contributed by atoms with van der Waals surface area (Å²) in [7, 11) is 0. The van der Waals surface area contributed by atoms with Crippen molar-refractivity contribution in [1.82, 2.24) is 20.4 Å². The summed E-state index contributed by atoms with van der Waals surface area (Å²) in [6.07, 6.45) is 1.29. The van der Waals surface area contributed by atoms with E-state index in [1.807, 2.05) is 13.0 Å². The molecule has 0 radical (unpaired) electrons. The van der Waals surface area contributed by atoms with Crippen LogP contribution in [0.15, 0.2) is 30.3 Å². The van der Waals surface area contributed by atoms with Crippen LogP contribution in [0.5, 0.6) is 0 Å². The average molecular weight is 370 g/mol. The number of aryl methyl sites for hydroxylation is 1. The first kappa shape index (κ1) is 19.6. The number of rotatable bonds is 7. The Kier molecular flexibility index (Phi) is 5.97. The van der Waals surface area contributed by atoms with Crippen molar-refractivity contribution in [2.45, 2.75) is 58.2 Å². The van der Waals surface area contributed by atoms with E-state index in [2.05, 4.69) is 53.6 Å². The lowest BCUT2D eigenvalue weighted by Crippen LogP contribution is -2.57. The fourth-order valence-electron chi connectivity index (χ4n) is 3.57. The Morgan fingerprint density at radius 3 is 2.70 bits per heavy atom. The first-order chi connectivity index (χ1) is 12.9. The molecule has 2 heterocycles. The monoisotopic (exact) mass is 370 g/mol. The Balaban J connectivity index is 1.58. The van der Waals surface area contributed by atoms with Gasteiger partial charge in [-0.25, -0.2) is 0 Å². The molecule has 1 atom stereocenters. The van der Waals surface area contributed by atoms with Crippen molar-refractivity contribution in [2.75, 3.05) is 13.1 Å². The third-order valence-corrected chi connectivity index (χ3v) is 5.21. The highest BCUT2D eigenvalue weighted by molar-refractivity contribution is 5.86. The Hall–Kier alpha value is -2.18. The van der Waals surface area contributed by atoms with Gasteiger partial charge in [-0.15, -0.1) is 0 Å². The number of H-pyrrole nitrogens is 1. The van der Waals surface area contributed by atoms with Crippen LogP contribution in [0.2, 0.25) is 0 Å². The second kappa shape index (κ2) is 8.23. The molecule has 0 spiro atoms. The maximum absolute atomic E-state index is 12.9. The van der Waals surface area contributed by atoms with Gasteiger partial charge in [-0.3, -0.25) is 9.89 Å². The summed E-state index contributed by atoms with van der Waals surface area (Å²) >= 11 is 0. The molecule has 1 aromatic carbocycles.